The predicted molar refractivity (Wildman–Crippen MR) is 50.6 cm³/mol. The van der Waals surface area contributed by atoms with Gasteiger partial charge < -0.3 is 5.11 Å². The van der Waals surface area contributed by atoms with E-state index in [1.807, 2.05) is 0 Å². The first-order valence-corrected chi connectivity index (χ1v) is 6.00. The molecule has 0 bridgehead atoms. The number of sulfonamides is 1. The SMILES string of the molecule is CC1(O)CCCCC1(C)S(N)(=O)=O. The highest BCUT2D eigenvalue weighted by Crippen LogP contribution is 2.41. The van der Waals surface area contributed by atoms with E-state index < -0.39 is 20.4 Å². The quantitative estimate of drug-likeness (QED) is 0.651. The number of aliphatic hydroxyl groups is 1. The first-order chi connectivity index (χ1) is 5.71. The lowest BCUT2D eigenvalue weighted by Gasteiger charge is -2.44. The van der Waals surface area contributed by atoms with Gasteiger partial charge in [0, 0.05) is 0 Å². The van der Waals surface area contributed by atoms with Gasteiger partial charge >= 0.3 is 0 Å². The molecule has 1 rings (SSSR count). The second-order valence-electron chi connectivity index (χ2n) is 4.26. The zero-order valence-electron chi connectivity index (χ0n) is 8.08. The molecule has 3 N–H and O–H groups in total. The van der Waals surface area contributed by atoms with Gasteiger partial charge in [-0.3, -0.25) is 0 Å². The largest absolute Gasteiger partial charge is 0.388 e. The summed E-state index contributed by atoms with van der Waals surface area (Å²) in [4.78, 5) is 0. The Kier molecular flexibility index (Phi) is 2.47. The topological polar surface area (TPSA) is 80.4 Å². The highest BCUT2D eigenvalue weighted by Gasteiger charge is 2.52. The fourth-order valence-corrected chi connectivity index (χ4v) is 3.06. The number of nitrogens with two attached hydrogens (primary N) is 1. The van der Waals surface area contributed by atoms with Crippen molar-refractivity contribution >= 4 is 10.0 Å². The molecule has 78 valence electrons. The van der Waals surface area contributed by atoms with Gasteiger partial charge in [0.2, 0.25) is 10.0 Å². The summed E-state index contributed by atoms with van der Waals surface area (Å²) >= 11 is 0. The molecule has 1 fully saturated rings. The van der Waals surface area contributed by atoms with Gasteiger partial charge in [-0.2, -0.15) is 0 Å². The Morgan fingerprint density at radius 1 is 1.23 bits per heavy atom. The Balaban J connectivity index is 3.13. The van der Waals surface area contributed by atoms with Crippen LogP contribution in [0.25, 0.3) is 0 Å². The van der Waals surface area contributed by atoms with Crippen molar-refractivity contribution in [3.8, 4) is 0 Å². The van der Waals surface area contributed by atoms with E-state index in [0.29, 0.717) is 12.8 Å². The van der Waals surface area contributed by atoms with Crippen LogP contribution in [-0.2, 0) is 10.0 Å². The van der Waals surface area contributed by atoms with E-state index in [2.05, 4.69) is 0 Å². The number of hydrogen-bond donors (Lipinski definition) is 2. The van der Waals surface area contributed by atoms with Crippen LogP contribution in [0.1, 0.15) is 39.5 Å². The summed E-state index contributed by atoms with van der Waals surface area (Å²) in [6, 6.07) is 0. The van der Waals surface area contributed by atoms with Crippen LogP contribution in [0.2, 0.25) is 0 Å². The van der Waals surface area contributed by atoms with E-state index in [0.717, 1.165) is 12.8 Å². The summed E-state index contributed by atoms with van der Waals surface area (Å²) in [6.45, 7) is 3.08. The zero-order chi connectivity index (χ0) is 10.3. The second kappa shape index (κ2) is 2.93. The summed E-state index contributed by atoms with van der Waals surface area (Å²) in [7, 11) is -3.68. The van der Waals surface area contributed by atoms with Crippen LogP contribution in [-0.4, -0.2) is 23.9 Å². The fraction of sp³-hybridized carbons (Fsp3) is 1.00. The lowest BCUT2D eigenvalue weighted by atomic mass is 9.77. The molecule has 5 heteroatoms. The molecule has 0 saturated heterocycles. The molecule has 0 amide bonds. The molecule has 2 atom stereocenters. The van der Waals surface area contributed by atoms with Crippen molar-refractivity contribution < 1.29 is 13.5 Å². The standard InChI is InChI=1S/C8H17NO3S/c1-7(10)5-3-4-6-8(7,2)13(9,11)12/h10H,3-6H2,1-2H3,(H2,9,11,12). The Labute approximate surface area is 79.2 Å². The molecule has 1 aliphatic rings. The molecule has 0 aromatic heterocycles. The normalized spacial score (nSPS) is 41.8. The number of hydrogen-bond acceptors (Lipinski definition) is 3. The molecule has 0 aromatic carbocycles. The van der Waals surface area contributed by atoms with E-state index in [1.54, 1.807) is 6.92 Å². The maximum atomic E-state index is 11.3. The van der Waals surface area contributed by atoms with Crippen LogP contribution in [0, 0.1) is 0 Å². The van der Waals surface area contributed by atoms with Crippen molar-refractivity contribution in [1.29, 1.82) is 0 Å². The average Bonchev–Trinajstić information content (AvgIpc) is 1.93. The zero-order valence-corrected chi connectivity index (χ0v) is 8.89. The van der Waals surface area contributed by atoms with Crippen LogP contribution in [0.5, 0.6) is 0 Å². The van der Waals surface area contributed by atoms with Gasteiger partial charge in [-0.05, 0) is 26.7 Å². The molecular formula is C8H17NO3S. The third-order valence-corrected chi connectivity index (χ3v) is 5.23. The smallest absolute Gasteiger partial charge is 0.217 e. The Morgan fingerprint density at radius 2 is 1.69 bits per heavy atom. The van der Waals surface area contributed by atoms with Crippen LogP contribution >= 0.6 is 0 Å². The second-order valence-corrected chi connectivity index (χ2v) is 6.25. The van der Waals surface area contributed by atoms with E-state index in [9.17, 15) is 13.5 Å². The molecule has 1 saturated carbocycles. The van der Waals surface area contributed by atoms with Gasteiger partial charge in [0.15, 0.2) is 0 Å². The highest BCUT2D eigenvalue weighted by atomic mass is 32.2. The van der Waals surface area contributed by atoms with Gasteiger partial charge in [0.1, 0.15) is 4.75 Å². The Hall–Kier alpha value is -0.130. The molecule has 13 heavy (non-hydrogen) atoms. The molecule has 0 aromatic rings. The first-order valence-electron chi connectivity index (χ1n) is 4.45. The molecule has 0 radical (unpaired) electrons. The first kappa shape index (κ1) is 10.9. The minimum atomic E-state index is -3.68. The minimum absolute atomic E-state index is 0.443. The Morgan fingerprint density at radius 3 is 2.00 bits per heavy atom. The summed E-state index contributed by atoms with van der Waals surface area (Å²) in [6.07, 6.45) is 2.61. The molecule has 4 nitrogen and oxygen atoms in total. The van der Waals surface area contributed by atoms with E-state index in [1.165, 1.54) is 6.92 Å². The summed E-state index contributed by atoms with van der Waals surface area (Å²) < 4.78 is 21.5. The highest BCUT2D eigenvalue weighted by molar-refractivity contribution is 7.90. The van der Waals surface area contributed by atoms with Crippen LogP contribution in [0.3, 0.4) is 0 Å². The van der Waals surface area contributed by atoms with Crippen molar-refractivity contribution in [2.45, 2.75) is 49.9 Å². The van der Waals surface area contributed by atoms with Gasteiger partial charge in [-0.25, -0.2) is 13.6 Å². The third-order valence-electron chi connectivity index (χ3n) is 3.33. The molecule has 0 spiro atoms. The number of primary sulfonamides is 1. The van der Waals surface area contributed by atoms with E-state index in [4.69, 9.17) is 5.14 Å². The molecule has 0 heterocycles. The minimum Gasteiger partial charge on any atom is -0.388 e. The summed E-state index contributed by atoms with van der Waals surface area (Å²) in [5.74, 6) is 0. The van der Waals surface area contributed by atoms with Crippen molar-refractivity contribution in [1.82, 2.24) is 0 Å². The molecule has 2 unspecified atom stereocenters. The fourth-order valence-electron chi connectivity index (χ4n) is 1.91. The lowest BCUT2D eigenvalue weighted by molar-refractivity contribution is -0.00984. The molecule has 1 aliphatic carbocycles. The third kappa shape index (κ3) is 1.60. The Bertz CT molecular complexity index is 297. The summed E-state index contributed by atoms with van der Waals surface area (Å²) in [5.41, 5.74) is -1.20. The van der Waals surface area contributed by atoms with Gasteiger partial charge in [0.25, 0.3) is 0 Å². The maximum Gasteiger partial charge on any atom is 0.217 e. The van der Waals surface area contributed by atoms with Gasteiger partial charge in [0.05, 0.1) is 5.60 Å². The molecular weight excluding hydrogens is 190 g/mol. The van der Waals surface area contributed by atoms with E-state index in [-0.39, 0.29) is 0 Å². The van der Waals surface area contributed by atoms with Crippen LogP contribution in [0.4, 0.5) is 0 Å². The van der Waals surface area contributed by atoms with Crippen molar-refractivity contribution in [3.05, 3.63) is 0 Å². The van der Waals surface area contributed by atoms with E-state index >= 15 is 0 Å². The maximum absolute atomic E-state index is 11.3. The van der Waals surface area contributed by atoms with Crippen molar-refractivity contribution in [3.63, 3.8) is 0 Å². The van der Waals surface area contributed by atoms with Gasteiger partial charge in [-0.15, -0.1) is 0 Å². The van der Waals surface area contributed by atoms with Crippen LogP contribution in [0.15, 0.2) is 0 Å². The predicted octanol–water partition coefficient (Wildman–Crippen LogP) is 0.359. The van der Waals surface area contributed by atoms with Crippen molar-refractivity contribution in [2.24, 2.45) is 5.14 Å². The van der Waals surface area contributed by atoms with Crippen LogP contribution < -0.4 is 5.14 Å². The van der Waals surface area contributed by atoms with Crippen molar-refractivity contribution in [2.75, 3.05) is 0 Å². The lowest BCUT2D eigenvalue weighted by Crippen LogP contribution is -2.59. The average molecular weight is 207 g/mol. The van der Waals surface area contributed by atoms with Gasteiger partial charge in [-0.1, -0.05) is 12.8 Å². The molecule has 0 aliphatic heterocycles. The monoisotopic (exact) mass is 207 g/mol. The summed E-state index contributed by atoms with van der Waals surface area (Å²) in [5, 5.41) is 15.1. The number of rotatable bonds is 1.